The minimum atomic E-state index is -0.190. The number of nitrogens with one attached hydrogen (secondary N) is 1. The lowest BCUT2D eigenvalue weighted by Gasteiger charge is -2.34. The van der Waals surface area contributed by atoms with E-state index >= 15 is 0 Å². The van der Waals surface area contributed by atoms with Crippen molar-refractivity contribution in [1.29, 1.82) is 0 Å². The zero-order valence-corrected chi connectivity index (χ0v) is 18.1. The van der Waals surface area contributed by atoms with Crippen LogP contribution in [-0.2, 0) is 11.3 Å². The normalized spacial score (nSPS) is 19.3. The number of ether oxygens (including phenoxy) is 1. The number of hydrogen-bond acceptors (Lipinski definition) is 5. The molecule has 0 aliphatic carbocycles. The number of carbonyl (C=O) groups is 2. The number of rotatable bonds is 5. The van der Waals surface area contributed by atoms with Crippen LogP contribution in [-0.4, -0.2) is 58.1 Å². The van der Waals surface area contributed by atoms with E-state index in [1.54, 1.807) is 15.2 Å². The lowest BCUT2D eigenvalue weighted by Crippen LogP contribution is -2.48. The first kappa shape index (κ1) is 21.3. The van der Waals surface area contributed by atoms with Gasteiger partial charge in [0, 0.05) is 30.2 Å². The van der Waals surface area contributed by atoms with Gasteiger partial charge in [0.25, 0.3) is 5.91 Å². The van der Waals surface area contributed by atoms with Crippen LogP contribution in [0.25, 0.3) is 0 Å². The number of nitrogens with zero attached hydrogens (tertiary/aromatic N) is 3. The Morgan fingerprint density at radius 1 is 1.24 bits per heavy atom. The summed E-state index contributed by atoms with van der Waals surface area (Å²) in [5.74, 6) is -0.0839. The maximum absolute atomic E-state index is 12.8. The van der Waals surface area contributed by atoms with Gasteiger partial charge in [-0.05, 0) is 39.8 Å². The van der Waals surface area contributed by atoms with Gasteiger partial charge in [0.1, 0.15) is 10.7 Å². The van der Waals surface area contributed by atoms with Crippen molar-refractivity contribution in [3.05, 3.63) is 46.4 Å². The van der Waals surface area contributed by atoms with Gasteiger partial charge in [-0.2, -0.15) is 0 Å². The first-order chi connectivity index (χ1) is 13.8. The van der Waals surface area contributed by atoms with E-state index < -0.39 is 0 Å². The van der Waals surface area contributed by atoms with Crippen molar-refractivity contribution in [2.45, 2.75) is 52.5 Å². The molecule has 2 aromatic rings. The quantitative estimate of drug-likeness (QED) is 0.804. The zero-order chi connectivity index (χ0) is 21.0. The monoisotopic (exact) mass is 416 g/mol. The van der Waals surface area contributed by atoms with Gasteiger partial charge in [-0.1, -0.05) is 18.2 Å². The largest absolute Gasteiger partial charge is 0.372 e. The SMILES string of the molecule is CC(C)N(Cc1nc(C(=O)N2C[C@H](C)O[C@@H](C)C2)cs1)C(=O)Nc1ccccc1. The van der Waals surface area contributed by atoms with E-state index in [9.17, 15) is 9.59 Å². The van der Waals surface area contributed by atoms with E-state index in [0.717, 1.165) is 10.7 Å². The number of anilines is 1. The predicted molar refractivity (Wildman–Crippen MR) is 114 cm³/mol. The predicted octanol–water partition coefficient (Wildman–Crippen LogP) is 3.84. The van der Waals surface area contributed by atoms with Crippen LogP contribution in [0.1, 0.15) is 43.2 Å². The minimum absolute atomic E-state index is 0.0114. The van der Waals surface area contributed by atoms with Gasteiger partial charge in [0.15, 0.2) is 0 Å². The summed E-state index contributed by atoms with van der Waals surface area (Å²) in [4.78, 5) is 33.6. The maximum atomic E-state index is 12.8. The van der Waals surface area contributed by atoms with Crippen LogP contribution in [0.2, 0.25) is 0 Å². The molecule has 1 aliphatic heterocycles. The summed E-state index contributed by atoms with van der Waals surface area (Å²) in [5, 5.41) is 5.42. The lowest BCUT2D eigenvalue weighted by atomic mass is 10.2. The van der Waals surface area contributed by atoms with E-state index in [2.05, 4.69) is 10.3 Å². The molecule has 1 aliphatic rings. The second-order valence-corrected chi connectivity index (χ2v) is 8.55. The molecule has 1 aromatic heterocycles. The lowest BCUT2D eigenvalue weighted by molar-refractivity contribution is -0.0587. The number of para-hydroxylation sites is 1. The van der Waals surface area contributed by atoms with Crippen LogP contribution in [0.4, 0.5) is 10.5 Å². The van der Waals surface area contributed by atoms with Gasteiger partial charge in [0.05, 0.1) is 18.8 Å². The molecule has 1 N–H and O–H groups in total. The van der Waals surface area contributed by atoms with Crippen molar-refractivity contribution in [2.75, 3.05) is 18.4 Å². The number of amides is 3. The van der Waals surface area contributed by atoms with Gasteiger partial charge in [0.2, 0.25) is 0 Å². The summed E-state index contributed by atoms with van der Waals surface area (Å²) in [6, 6.07) is 9.15. The second kappa shape index (κ2) is 9.37. The smallest absolute Gasteiger partial charge is 0.322 e. The summed E-state index contributed by atoms with van der Waals surface area (Å²) < 4.78 is 5.70. The molecule has 1 saturated heterocycles. The second-order valence-electron chi connectivity index (χ2n) is 7.61. The molecule has 29 heavy (non-hydrogen) atoms. The Hall–Kier alpha value is -2.45. The fourth-order valence-electron chi connectivity index (χ4n) is 3.34. The average Bonchev–Trinajstić information content (AvgIpc) is 3.14. The van der Waals surface area contributed by atoms with E-state index in [-0.39, 0.29) is 30.2 Å². The molecule has 156 valence electrons. The van der Waals surface area contributed by atoms with Crippen LogP contribution in [0.3, 0.4) is 0 Å². The number of hydrogen-bond donors (Lipinski definition) is 1. The van der Waals surface area contributed by atoms with Crippen molar-refractivity contribution in [3.63, 3.8) is 0 Å². The Kier molecular flexibility index (Phi) is 6.87. The van der Waals surface area contributed by atoms with Crippen molar-refractivity contribution >= 4 is 29.0 Å². The number of carbonyl (C=O) groups excluding carboxylic acids is 2. The van der Waals surface area contributed by atoms with E-state index in [0.29, 0.717) is 25.3 Å². The van der Waals surface area contributed by atoms with Crippen molar-refractivity contribution in [3.8, 4) is 0 Å². The van der Waals surface area contributed by atoms with Gasteiger partial charge in [-0.3, -0.25) is 4.79 Å². The Morgan fingerprint density at radius 2 is 1.90 bits per heavy atom. The highest BCUT2D eigenvalue weighted by molar-refractivity contribution is 7.09. The first-order valence-electron chi connectivity index (χ1n) is 9.85. The molecule has 2 heterocycles. The number of thiazole rings is 1. The van der Waals surface area contributed by atoms with Gasteiger partial charge < -0.3 is 19.9 Å². The topological polar surface area (TPSA) is 74.8 Å². The summed E-state index contributed by atoms with van der Waals surface area (Å²) >= 11 is 1.40. The van der Waals surface area contributed by atoms with Gasteiger partial charge >= 0.3 is 6.03 Å². The Balaban J connectivity index is 1.66. The molecule has 2 atom stereocenters. The summed E-state index contributed by atoms with van der Waals surface area (Å²) in [7, 11) is 0. The Morgan fingerprint density at radius 3 is 2.52 bits per heavy atom. The van der Waals surface area contributed by atoms with Crippen LogP contribution in [0.5, 0.6) is 0 Å². The zero-order valence-electron chi connectivity index (χ0n) is 17.3. The number of benzene rings is 1. The molecule has 1 fully saturated rings. The summed E-state index contributed by atoms with van der Waals surface area (Å²) in [6.45, 7) is 9.33. The Bertz CT molecular complexity index is 829. The highest BCUT2D eigenvalue weighted by atomic mass is 32.1. The van der Waals surface area contributed by atoms with Gasteiger partial charge in [-0.15, -0.1) is 11.3 Å². The van der Waals surface area contributed by atoms with E-state index in [1.165, 1.54) is 11.3 Å². The molecule has 3 amide bonds. The minimum Gasteiger partial charge on any atom is -0.372 e. The molecular formula is C21H28N4O3S. The third-order valence-electron chi connectivity index (χ3n) is 4.69. The van der Waals surface area contributed by atoms with Crippen molar-refractivity contribution in [1.82, 2.24) is 14.8 Å². The van der Waals surface area contributed by atoms with Crippen LogP contribution >= 0.6 is 11.3 Å². The van der Waals surface area contributed by atoms with Crippen LogP contribution in [0, 0.1) is 0 Å². The van der Waals surface area contributed by atoms with Crippen LogP contribution < -0.4 is 5.32 Å². The molecular weight excluding hydrogens is 388 g/mol. The van der Waals surface area contributed by atoms with Crippen molar-refractivity contribution < 1.29 is 14.3 Å². The molecule has 8 heteroatoms. The Labute approximate surface area is 175 Å². The molecule has 7 nitrogen and oxygen atoms in total. The molecule has 0 radical (unpaired) electrons. The van der Waals surface area contributed by atoms with Crippen molar-refractivity contribution in [2.24, 2.45) is 0 Å². The highest BCUT2D eigenvalue weighted by Gasteiger charge is 2.28. The maximum Gasteiger partial charge on any atom is 0.322 e. The molecule has 3 rings (SSSR count). The van der Waals surface area contributed by atoms with Crippen LogP contribution in [0.15, 0.2) is 35.7 Å². The number of morpholine rings is 1. The molecule has 0 unspecified atom stereocenters. The molecule has 0 spiro atoms. The first-order valence-corrected chi connectivity index (χ1v) is 10.7. The van der Waals surface area contributed by atoms with Gasteiger partial charge in [-0.25, -0.2) is 9.78 Å². The molecule has 0 saturated carbocycles. The third kappa shape index (κ3) is 5.55. The molecule has 1 aromatic carbocycles. The third-order valence-corrected chi connectivity index (χ3v) is 5.53. The van der Waals surface area contributed by atoms with E-state index in [1.807, 2.05) is 58.0 Å². The standard InChI is InChI=1S/C21H28N4O3S/c1-14(2)25(21(27)22-17-8-6-5-7-9-17)12-19-23-18(13-29-19)20(26)24-10-15(3)28-16(4)11-24/h5-9,13-16H,10-12H2,1-4H3,(H,22,27)/t15-,16-/m0/s1. The fraction of sp³-hybridized carbons (Fsp3) is 0.476. The highest BCUT2D eigenvalue weighted by Crippen LogP contribution is 2.19. The fourth-order valence-corrected chi connectivity index (χ4v) is 4.10. The summed E-state index contributed by atoms with van der Waals surface area (Å²) in [6.07, 6.45) is 0.0258. The molecule has 0 bridgehead atoms. The van der Waals surface area contributed by atoms with E-state index in [4.69, 9.17) is 4.74 Å². The number of aromatic nitrogens is 1. The average molecular weight is 417 g/mol. The summed E-state index contributed by atoms with van der Waals surface area (Å²) in [5.41, 5.74) is 1.17. The number of urea groups is 1.